The van der Waals surface area contributed by atoms with Crippen LogP contribution in [0.2, 0.25) is 0 Å². The lowest BCUT2D eigenvalue weighted by Crippen LogP contribution is -2.26. The molecule has 0 bridgehead atoms. The van der Waals surface area contributed by atoms with E-state index < -0.39 is 0 Å². The molecule has 30 heavy (non-hydrogen) atoms. The molecule has 0 amide bonds. The van der Waals surface area contributed by atoms with Crippen LogP contribution in [-0.4, -0.2) is 24.7 Å². The lowest BCUT2D eigenvalue weighted by molar-refractivity contribution is 0.419. The van der Waals surface area contributed by atoms with Crippen molar-refractivity contribution in [1.82, 2.24) is 10.3 Å². The number of ether oxygens (including phenoxy) is 1. The molecule has 1 atom stereocenters. The zero-order valence-electron chi connectivity index (χ0n) is 17.7. The van der Waals surface area contributed by atoms with Gasteiger partial charge in [-0.15, -0.1) is 0 Å². The minimum Gasteiger partial charge on any atom is -0.496 e. The van der Waals surface area contributed by atoms with Gasteiger partial charge in [0.05, 0.1) is 7.11 Å². The van der Waals surface area contributed by atoms with Crippen LogP contribution in [0.25, 0.3) is 33.1 Å². The lowest BCUT2D eigenvalue weighted by Gasteiger charge is -2.13. The van der Waals surface area contributed by atoms with E-state index in [2.05, 4.69) is 41.5 Å². The fourth-order valence-corrected chi connectivity index (χ4v) is 3.91. The maximum absolute atomic E-state index is 6.12. The van der Waals surface area contributed by atoms with E-state index in [0.29, 0.717) is 0 Å². The molecule has 5 nitrogen and oxygen atoms in total. The van der Waals surface area contributed by atoms with E-state index in [9.17, 15) is 0 Å². The van der Waals surface area contributed by atoms with Gasteiger partial charge in [-0.2, -0.15) is 0 Å². The van der Waals surface area contributed by atoms with Crippen molar-refractivity contribution in [3.63, 3.8) is 0 Å². The van der Waals surface area contributed by atoms with Crippen molar-refractivity contribution >= 4 is 21.7 Å². The molecule has 0 saturated heterocycles. The molecular weight excluding hydrogens is 374 g/mol. The molecule has 2 heterocycles. The van der Waals surface area contributed by atoms with E-state index in [1.807, 2.05) is 30.6 Å². The number of rotatable bonds is 9. The van der Waals surface area contributed by atoms with Gasteiger partial charge in [-0.1, -0.05) is 31.5 Å². The first-order valence-corrected chi connectivity index (χ1v) is 10.6. The molecular formula is C25H29N3O2. The SMILES string of the molecule is CCCC(N)CCNCc1cc(OC)c2cncc(-c3cc4ccccc4o3)c2c1. The van der Waals surface area contributed by atoms with Crippen molar-refractivity contribution < 1.29 is 9.15 Å². The molecule has 1 unspecified atom stereocenters. The van der Waals surface area contributed by atoms with E-state index >= 15 is 0 Å². The quantitative estimate of drug-likeness (QED) is 0.373. The van der Waals surface area contributed by atoms with Gasteiger partial charge < -0.3 is 20.2 Å². The summed E-state index contributed by atoms with van der Waals surface area (Å²) in [6.45, 7) is 3.82. The third-order valence-electron chi connectivity index (χ3n) is 5.49. The highest BCUT2D eigenvalue weighted by molar-refractivity contribution is 6.00. The summed E-state index contributed by atoms with van der Waals surface area (Å²) in [5.41, 5.74) is 9.12. The Labute approximate surface area is 177 Å². The molecule has 0 aliphatic heterocycles. The van der Waals surface area contributed by atoms with Gasteiger partial charge in [0.2, 0.25) is 0 Å². The van der Waals surface area contributed by atoms with Crippen LogP contribution in [0.15, 0.2) is 59.3 Å². The first-order valence-electron chi connectivity index (χ1n) is 10.6. The van der Waals surface area contributed by atoms with Crippen LogP contribution in [0.1, 0.15) is 31.7 Å². The Kier molecular flexibility index (Phi) is 6.31. The van der Waals surface area contributed by atoms with E-state index in [1.165, 1.54) is 0 Å². The van der Waals surface area contributed by atoms with Crippen LogP contribution in [0.4, 0.5) is 0 Å². The number of furan rings is 1. The van der Waals surface area contributed by atoms with Gasteiger partial charge in [-0.3, -0.25) is 4.98 Å². The Morgan fingerprint density at radius 2 is 1.97 bits per heavy atom. The molecule has 2 aromatic heterocycles. The highest BCUT2D eigenvalue weighted by Crippen LogP contribution is 2.36. The van der Waals surface area contributed by atoms with Gasteiger partial charge in [-0.05, 0) is 54.6 Å². The maximum atomic E-state index is 6.12. The van der Waals surface area contributed by atoms with E-state index in [1.54, 1.807) is 7.11 Å². The summed E-state index contributed by atoms with van der Waals surface area (Å²) in [5, 5.41) is 6.64. The maximum Gasteiger partial charge on any atom is 0.137 e. The molecule has 4 rings (SSSR count). The minimum absolute atomic E-state index is 0.263. The first-order chi connectivity index (χ1) is 14.7. The lowest BCUT2D eigenvalue weighted by atomic mass is 10.0. The van der Waals surface area contributed by atoms with Gasteiger partial charge in [0.25, 0.3) is 0 Å². The molecule has 0 saturated carbocycles. The van der Waals surface area contributed by atoms with E-state index in [0.717, 1.165) is 76.7 Å². The molecule has 2 aromatic carbocycles. The Morgan fingerprint density at radius 3 is 2.77 bits per heavy atom. The number of hydrogen-bond acceptors (Lipinski definition) is 5. The summed E-state index contributed by atoms with van der Waals surface area (Å²) < 4.78 is 11.8. The fourth-order valence-electron chi connectivity index (χ4n) is 3.91. The summed E-state index contributed by atoms with van der Waals surface area (Å²) in [6.07, 6.45) is 6.88. The van der Waals surface area contributed by atoms with Crippen molar-refractivity contribution in [3.05, 3.63) is 60.4 Å². The third kappa shape index (κ3) is 4.32. The molecule has 0 fully saturated rings. The molecule has 0 spiro atoms. The Morgan fingerprint density at radius 1 is 1.10 bits per heavy atom. The Balaban J connectivity index is 1.64. The molecule has 0 aliphatic carbocycles. The average molecular weight is 404 g/mol. The summed E-state index contributed by atoms with van der Waals surface area (Å²) in [7, 11) is 1.70. The number of benzene rings is 2. The molecule has 0 aliphatic rings. The number of methoxy groups -OCH3 is 1. The third-order valence-corrected chi connectivity index (χ3v) is 5.49. The number of nitrogens with zero attached hydrogens (tertiary/aromatic N) is 1. The van der Waals surface area contributed by atoms with Crippen molar-refractivity contribution in [2.75, 3.05) is 13.7 Å². The first kappa shape index (κ1) is 20.4. The summed E-state index contributed by atoms with van der Waals surface area (Å²) in [5.74, 6) is 1.63. The topological polar surface area (TPSA) is 73.3 Å². The zero-order valence-corrected chi connectivity index (χ0v) is 17.7. The molecule has 4 aromatic rings. The van der Waals surface area contributed by atoms with Crippen LogP contribution >= 0.6 is 0 Å². The van der Waals surface area contributed by atoms with E-state index in [-0.39, 0.29) is 6.04 Å². The highest BCUT2D eigenvalue weighted by Gasteiger charge is 2.14. The summed E-state index contributed by atoms with van der Waals surface area (Å²) in [6, 6.07) is 14.6. The summed E-state index contributed by atoms with van der Waals surface area (Å²) >= 11 is 0. The average Bonchev–Trinajstić information content (AvgIpc) is 3.20. The largest absolute Gasteiger partial charge is 0.496 e. The Bertz CT molecular complexity index is 1100. The number of aromatic nitrogens is 1. The highest BCUT2D eigenvalue weighted by atomic mass is 16.5. The molecule has 156 valence electrons. The monoisotopic (exact) mass is 403 g/mol. The van der Waals surface area contributed by atoms with Crippen LogP contribution in [0, 0.1) is 0 Å². The number of para-hydroxylation sites is 1. The van der Waals surface area contributed by atoms with Gasteiger partial charge in [0, 0.05) is 41.3 Å². The second-order valence-electron chi connectivity index (χ2n) is 7.74. The predicted octanol–water partition coefficient (Wildman–Crippen LogP) is 5.26. The Hall–Kier alpha value is -2.89. The number of fused-ring (bicyclic) bond motifs is 2. The number of pyridine rings is 1. The van der Waals surface area contributed by atoms with Crippen LogP contribution in [-0.2, 0) is 6.54 Å². The van der Waals surface area contributed by atoms with Crippen LogP contribution in [0.3, 0.4) is 0 Å². The zero-order chi connectivity index (χ0) is 20.9. The second kappa shape index (κ2) is 9.28. The van der Waals surface area contributed by atoms with Gasteiger partial charge in [-0.25, -0.2) is 0 Å². The van der Waals surface area contributed by atoms with Crippen molar-refractivity contribution in [1.29, 1.82) is 0 Å². The van der Waals surface area contributed by atoms with Crippen LogP contribution in [0.5, 0.6) is 5.75 Å². The van der Waals surface area contributed by atoms with E-state index in [4.69, 9.17) is 14.9 Å². The number of nitrogens with one attached hydrogen (secondary N) is 1. The van der Waals surface area contributed by atoms with Gasteiger partial charge in [0.1, 0.15) is 17.1 Å². The molecule has 0 radical (unpaired) electrons. The standard InChI is InChI=1S/C25H29N3O2/c1-3-6-19(26)9-10-27-14-17-11-20-21(24(12-17)29-2)15-28-16-22(20)25-13-18-7-4-5-8-23(18)30-25/h4-5,7-8,11-13,15-16,19,27H,3,6,9-10,14,26H2,1-2H3. The number of nitrogens with two attached hydrogens (primary N) is 1. The number of hydrogen-bond donors (Lipinski definition) is 2. The minimum atomic E-state index is 0.263. The molecule has 3 N–H and O–H groups in total. The van der Waals surface area contributed by atoms with Gasteiger partial charge in [0.15, 0.2) is 0 Å². The van der Waals surface area contributed by atoms with Gasteiger partial charge >= 0.3 is 0 Å². The summed E-state index contributed by atoms with van der Waals surface area (Å²) in [4.78, 5) is 4.44. The van der Waals surface area contributed by atoms with Crippen molar-refractivity contribution in [2.45, 2.75) is 38.8 Å². The normalized spacial score (nSPS) is 12.5. The molecule has 5 heteroatoms. The van der Waals surface area contributed by atoms with Crippen molar-refractivity contribution in [3.8, 4) is 17.1 Å². The van der Waals surface area contributed by atoms with Crippen LogP contribution < -0.4 is 15.8 Å². The predicted molar refractivity (Wildman–Crippen MR) is 123 cm³/mol. The second-order valence-corrected chi connectivity index (χ2v) is 7.74. The fraction of sp³-hybridized carbons (Fsp3) is 0.320. The smallest absolute Gasteiger partial charge is 0.137 e. The van der Waals surface area contributed by atoms with Crippen molar-refractivity contribution in [2.24, 2.45) is 5.73 Å².